The molecule has 4 unspecified atom stereocenters. The maximum Gasteiger partial charge on any atom is 0.169 e. The van der Waals surface area contributed by atoms with Crippen LogP contribution < -0.4 is 0 Å². The number of hydrogen-bond donors (Lipinski definition) is 0. The summed E-state index contributed by atoms with van der Waals surface area (Å²) in [7, 11) is 0. The zero-order valence-corrected chi connectivity index (χ0v) is 16.1. The molecule has 146 valence electrons. The van der Waals surface area contributed by atoms with Gasteiger partial charge in [-0.1, -0.05) is 50.8 Å². The molecule has 0 amide bonds. The Morgan fingerprint density at radius 3 is 2.41 bits per heavy atom. The van der Waals surface area contributed by atoms with E-state index >= 15 is 4.39 Å². The van der Waals surface area contributed by atoms with Crippen molar-refractivity contribution in [2.75, 3.05) is 0 Å². The van der Waals surface area contributed by atoms with Crippen molar-refractivity contribution in [3.05, 3.63) is 47.3 Å². The third kappa shape index (κ3) is 3.62. The monoisotopic (exact) mass is 374 g/mol. The lowest BCUT2D eigenvalue weighted by molar-refractivity contribution is 0.113. The fourth-order valence-corrected chi connectivity index (χ4v) is 5.66. The third-order valence-corrected chi connectivity index (χ3v) is 7.17. The average molecular weight is 374 g/mol. The van der Waals surface area contributed by atoms with Crippen molar-refractivity contribution in [1.29, 1.82) is 0 Å². The first-order valence-corrected chi connectivity index (χ1v) is 10.6. The minimum atomic E-state index is -1.06. The fourth-order valence-electron chi connectivity index (χ4n) is 5.66. The molecule has 0 N–H and O–H groups in total. The van der Waals surface area contributed by atoms with Crippen LogP contribution in [0.5, 0.6) is 0 Å². The lowest BCUT2D eigenvalue weighted by Crippen LogP contribution is -2.30. The Kier molecular flexibility index (Phi) is 5.48. The second kappa shape index (κ2) is 7.85. The zero-order valence-electron chi connectivity index (χ0n) is 16.1. The molecule has 2 aromatic carbocycles. The smallest absolute Gasteiger partial charge is 0.169 e. The highest BCUT2D eigenvalue weighted by Gasteiger charge is 2.36. The Hall–Kier alpha value is -1.51. The summed E-state index contributed by atoms with van der Waals surface area (Å²) in [5, 5.41) is 0.248. The Morgan fingerprint density at radius 1 is 0.852 bits per heavy atom. The lowest BCUT2D eigenvalue weighted by atomic mass is 9.63. The van der Waals surface area contributed by atoms with Gasteiger partial charge in [0.05, 0.1) is 5.39 Å². The van der Waals surface area contributed by atoms with Crippen LogP contribution in [0.15, 0.2) is 24.3 Å². The van der Waals surface area contributed by atoms with E-state index in [1.54, 1.807) is 12.1 Å². The molecule has 2 saturated carbocycles. The largest absolute Gasteiger partial charge is 0.206 e. The topological polar surface area (TPSA) is 0 Å². The molecule has 0 aromatic heterocycles. The van der Waals surface area contributed by atoms with E-state index in [0.717, 1.165) is 37.2 Å². The Bertz CT molecular complexity index is 813. The van der Waals surface area contributed by atoms with Gasteiger partial charge in [-0.15, -0.1) is 0 Å². The fraction of sp³-hybridized carbons (Fsp3) is 0.583. The summed E-state index contributed by atoms with van der Waals surface area (Å²) in [5.74, 6) is -0.152. The SMILES string of the molecule is CCCCC1CCC2CC(c3ccc4ccc(F)c(F)c4c3F)CCC2C1. The first kappa shape index (κ1) is 18.8. The summed E-state index contributed by atoms with van der Waals surface area (Å²) >= 11 is 0. The van der Waals surface area contributed by atoms with Crippen molar-refractivity contribution in [3.63, 3.8) is 0 Å². The summed E-state index contributed by atoms with van der Waals surface area (Å²) < 4.78 is 42.9. The molecule has 4 atom stereocenters. The van der Waals surface area contributed by atoms with Gasteiger partial charge in [0.15, 0.2) is 11.6 Å². The predicted octanol–water partition coefficient (Wildman–Crippen LogP) is 7.75. The number of unbranched alkanes of at least 4 members (excludes halogenated alkanes) is 1. The van der Waals surface area contributed by atoms with Gasteiger partial charge < -0.3 is 0 Å². The Morgan fingerprint density at radius 2 is 1.59 bits per heavy atom. The molecule has 0 spiro atoms. The lowest BCUT2D eigenvalue weighted by Gasteiger charge is -2.42. The summed E-state index contributed by atoms with van der Waals surface area (Å²) in [6.07, 6.45) is 10.9. The van der Waals surface area contributed by atoms with E-state index in [-0.39, 0.29) is 11.3 Å². The van der Waals surface area contributed by atoms with Gasteiger partial charge in [0, 0.05) is 0 Å². The van der Waals surface area contributed by atoms with Gasteiger partial charge in [-0.2, -0.15) is 0 Å². The van der Waals surface area contributed by atoms with Crippen LogP contribution >= 0.6 is 0 Å². The molecule has 3 heteroatoms. The van der Waals surface area contributed by atoms with Crippen LogP contribution in [-0.2, 0) is 0 Å². The number of fused-ring (bicyclic) bond motifs is 2. The molecule has 4 rings (SSSR count). The van der Waals surface area contributed by atoms with Gasteiger partial charge in [0.1, 0.15) is 5.82 Å². The first-order valence-electron chi connectivity index (χ1n) is 10.6. The van der Waals surface area contributed by atoms with Gasteiger partial charge in [0.25, 0.3) is 0 Å². The van der Waals surface area contributed by atoms with Crippen molar-refractivity contribution < 1.29 is 13.2 Å². The summed E-state index contributed by atoms with van der Waals surface area (Å²) in [5.41, 5.74) is 0.582. The summed E-state index contributed by atoms with van der Waals surface area (Å²) in [4.78, 5) is 0. The minimum Gasteiger partial charge on any atom is -0.206 e. The molecule has 0 aliphatic heterocycles. The van der Waals surface area contributed by atoms with Crippen LogP contribution in [0.2, 0.25) is 0 Å². The third-order valence-electron chi connectivity index (χ3n) is 7.17. The van der Waals surface area contributed by atoms with Crippen molar-refractivity contribution >= 4 is 10.8 Å². The van der Waals surface area contributed by atoms with Gasteiger partial charge in [-0.25, -0.2) is 13.2 Å². The van der Waals surface area contributed by atoms with Crippen molar-refractivity contribution in [3.8, 4) is 0 Å². The van der Waals surface area contributed by atoms with Crippen molar-refractivity contribution in [2.24, 2.45) is 17.8 Å². The first-order chi connectivity index (χ1) is 13.1. The summed E-state index contributed by atoms with van der Waals surface area (Å²) in [6, 6.07) is 6.06. The quantitative estimate of drug-likeness (QED) is 0.513. The van der Waals surface area contributed by atoms with Crippen LogP contribution in [0.3, 0.4) is 0 Å². The number of hydrogen-bond acceptors (Lipinski definition) is 0. The van der Waals surface area contributed by atoms with E-state index in [1.807, 2.05) is 0 Å². The predicted molar refractivity (Wildman–Crippen MR) is 104 cm³/mol. The Balaban J connectivity index is 1.53. The molecule has 2 aliphatic rings. The van der Waals surface area contributed by atoms with Crippen LogP contribution in [-0.4, -0.2) is 0 Å². The highest BCUT2D eigenvalue weighted by Crippen LogP contribution is 2.49. The van der Waals surface area contributed by atoms with Crippen LogP contribution in [0.4, 0.5) is 13.2 Å². The standard InChI is InChI=1S/C24H29F3/c1-2-3-4-15-5-6-18-14-19(8-7-17(18)13-15)20-11-9-16-10-12-21(25)24(27)22(16)23(20)26/h9-12,15,17-19H,2-8,13-14H2,1H3. The number of rotatable bonds is 4. The molecular weight excluding hydrogens is 345 g/mol. The minimum absolute atomic E-state index is 0.130. The molecule has 0 nitrogen and oxygen atoms in total. The average Bonchev–Trinajstić information content (AvgIpc) is 2.69. The molecule has 0 radical (unpaired) electrons. The molecule has 0 bridgehead atoms. The van der Waals surface area contributed by atoms with E-state index in [2.05, 4.69) is 6.92 Å². The molecule has 27 heavy (non-hydrogen) atoms. The van der Waals surface area contributed by atoms with Gasteiger partial charge in [-0.05, 0) is 72.8 Å². The second-order valence-electron chi connectivity index (χ2n) is 8.78. The van der Waals surface area contributed by atoms with E-state index < -0.39 is 17.5 Å². The van der Waals surface area contributed by atoms with E-state index in [0.29, 0.717) is 16.9 Å². The molecule has 0 heterocycles. The van der Waals surface area contributed by atoms with Gasteiger partial charge in [0.2, 0.25) is 0 Å². The molecule has 2 fully saturated rings. The van der Waals surface area contributed by atoms with E-state index in [9.17, 15) is 8.78 Å². The molecule has 0 saturated heterocycles. The molecular formula is C24H29F3. The normalized spacial score (nSPS) is 28.3. The van der Waals surface area contributed by atoms with Crippen LogP contribution in [0, 0.1) is 35.2 Å². The van der Waals surface area contributed by atoms with Crippen LogP contribution in [0.1, 0.15) is 76.2 Å². The maximum absolute atomic E-state index is 15.1. The zero-order chi connectivity index (χ0) is 19.0. The highest BCUT2D eigenvalue weighted by molar-refractivity contribution is 5.84. The summed E-state index contributed by atoms with van der Waals surface area (Å²) in [6.45, 7) is 2.25. The number of halogens is 3. The maximum atomic E-state index is 15.1. The van der Waals surface area contributed by atoms with Crippen LogP contribution in [0.25, 0.3) is 10.8 Å². The highest BCUT2D eigenvalue weighted by atomic mass is 19.2. The van der Waals surface area contributed by atoms with Gasteiger partial charge >= 0.3 is 0 Å². The molecule has 2 aliphatic carbocycles. The Labute approximate surface area is 160 Å². The van der Waals surface area contributed by atoms with Gasteiger partial charge in [-0.3, -0.25) is 0 Å². The number of benzene rings is 2. The second-order valence-corrected chi connectivity index (χ2v) is 8.78. The molecule has 2 aromatic rings. The van der Waals surface area contributed by atoms with Crippen molar-refractivity contribution in [2.45, 2.75) is 70.6 Å². The van der Waals surface area contributed by atoms with Crippen molar-refractivity contribution in [1.82, 2.24) is 0 Å². The van der Waals surface area contributed by atoms with E-state index in [1.165, 1.54) is 44.6 Å². The van der Waals surface area contributed by atoms with E-state index in [4.69, 9.17) is 0 Å².